The molecule has 1 aliphatic heterocycles. The Kier molecular flexibility index (Phi) is 7.12. The maximum Gasteiger partial charge on any atom is 0.191 e. The molecule has 0 bridgehead atoms. The smallest absolute Gasteiger partial charge is 0.191 e. The van der Waals surface area contributed by atoms with E-state index in [9.17, 15) is 4.39 Å². The molecule has 1 heterocycles. The van der Waals surface area contributed by atoms with Gasteiger partial charge in [0.25, 0.3) is 0 Å². The summed E-state index contributed by atoms with van der Waals surface area (Å²) in [6, 6.07) is 6.54. The zero-order chi connectivity index (χ0) is 15.6. The Hall–Kier alpha value is -1.66. The van der Waals surface area contributed by atoms with Gasteiger partial charge in [-0.2, -0.15) is 0 Å². The van der Waals surface area contributed by atoms with E-state index in [0.717, 1.165) is 57.5 Å². The molecule has 5 nitrogen and oxygen atoms in total. The molecule has 1 fully saturated rings. The Balaban J connectivity index is 1.79. The first-order valence-corrected chi connectivity index (χ1v) is 7.84. The van der Waals surface area contributed by atoms with Crippen LogP contribution in [0.5, 0.6) is 0 Å². The molecule has 0 unspecified atom stereocenters. The number of halogens is 1. The molecule has 0 atom stereocenters. The van der Waals surface area contributed by atoms with E-state index in [1.165, 1.54) is 12.1 Å². The number of nitrogens with one attached hydrogen (secondary N) is 2. The second-order valence-corrected chi connectivity index (χ2v) is 5.21. The molecule has 0 aromatic heterocycles. The van der Waals surface area contributed by atoms with Gasteiger partial charge in [-0.25, -0.2) is 9.38 Å². The summed E-state index contributed by atoms with van der Waals surface area (Å²) in [5.74, 6) is 0.540. The van der Waals surface area contributed by atoms with Crippen LogP contribution in [0.25, 0.3) is 0 Å². The van der Waals surface area contributed by atoms with Crippen molar-refractivity contribution in [2.45, 2.75) is 13.5 Å². The fraction of sp³-hybridized carbons (Fsp3) is 0.562. The summed E-state index contributed by atoms with van der Waals surface area (Å²) in [6.45, 7) is 8.68. The molecule has 122 valence electrons. The summed E-state index contributed by atoms with van der Waals surface area (Å²) in [6.07, 6.45) is 0. The SMILES string of the molecule is CCNC(=NCc1cccc(F)c1)NCCN1CCOCC1. The van der Waals surface area contributed by atoms with Crippen molar-refractivity contribution in [3.63, 3.8) is 0 Å². The van der Waals surface area contributed by atoms with Crippen LogP contribution in [0.15, 0.2) is 29.3 Å². The minimum atomic E-state index is -0.224. The Morgan fingerprint density at radius 2 is 2.14 bits per heavy atom. The lowest BCUT2D eigenvalue weighted by Crippen LogP contribution is -2.44. The lowest BCUT2D eigenvalue weighted by Gasteiger charge is -2.26. The van der Waals surface area contributed by atoms with E-state index in [0.29, 0.717) is 6.54 Å². The highest BCUT2D eigenvalue weighted by atomic mass is 19.1. The normalized spacial score (nSPS) is 16.5. The van der Waals surface area contributed by atoms with Crippen molar-refractivity contribution in [1.82, 2.24) is 15.5 Å². The van der Waals surface area contributed by atoms with Gasteiger partial charge in [0.1, 0.15) is 5.82 Å². The Bertz CT molecular complexity index is 475. The predicted molar refractivity (Wildman–Crippen MR) is 86.5 cm³/mol. The third kappa shape index (κ3) is 5.99. The number of aliphatic imine (C=N–C) groups is 1. The highest BCUT2D eigenvalue weighted by Gasteiger charge is 2.09. The van der Waals surface area contributed by atoms with Gasteiger partial charge in [-0.15, -0.1) is 0 Å². The third-order valence-corrected chi connectivity index (χ3v) is 3.48. The van der Waals surface area contributed by atoms with Gasteiger partial charge in [0, 0.05) is 32.7 Å². The fourth-order valence-corrected chi connectivity index (χ4v) is 2.30. The molecule has 0 spiro atoms. The van der Waals surface area contributed by atoms with Gasteiger partial charge >= 0.3 is 0 Å². The number of hydrogen-bond acceptors (Lipinski definition) is 3. The molecule has 2 rings (SSSR count). The average molecular weight is 308 g/mol. The lowest BCUT2D eigenvalue weighted by atomic mass is 10.2. The molecular weight excluding hydrogens is 283 g/mol. The van der Waals surface area contributed by atoms with Crippen LogP contribution >= 0.6 is 0 Å². The summed E-state index contributed by atoms with van der Waals surface area (Å²) < 4.78 is 18.5. The zero-order valence-electron chi connectivity index (χ0n) is 13.1. The van der Waals surface area contributed by atoms with Crippen LogP contribution in [0.1, 0.15) is 12.5 Å². The van der Waals surface area contributed by atoms with Crippen molar-refractivity contribution in [2.24, 2.45) is 4.99 Å². The van der Waals surface area contributed by atoms with Crippen molar-refractivity contribution in [3.05, 3.63) is 35.6 Å². The summed E-state index contributed by atoms with van der Waals surface area (Å²) in [7, 11) is 0. The number of hydrogen-bond donors (Lipinski definition) is 2. The van der Waals surface area contributed by atoms with Gasteiger partial charge in [-0.05, 0) is 24.6 Å². The number of morpholine rings is 1. The van der Waals surface area contributed by atoms with E-state index in [-0.39, 0.29) is 5.82 Å². The first-order valence-electron chi connectivity index (χ1n) is 7.84. The van der Waals surface area contributed by atoms with E-state index >= 15 is 0 Å². The number of rotatable bonds is 6. The van der Waals surface area contributed by atoms with Crippen LogP contribution in [0.2, 0.25) is 0 Å². The molecule has 0 saturated carbocycles. The standard InChI is InChI=1S/C16H25FN4O/c1-2-18-16(19-6-7-21-8-10-22-11-9-21)20-13-14-4-3-5-15(17)12-14/h3-5,12H,2,6-11,13H2,1H3,(H2,18,19,20). The van der Waals surface area contributed by atoms with E-state index in [4.69, 9.17) is 4.74 Å². The Morgan fingerprint density at radius 3 is 2.86 bits per heavy atom. The Labute approximate surface area is 131 Å². The van der Waals surface area contributed by atoms with Gasteiger partial charge < -0.3 is 15.4 Å². The van der Waals surface area contributed by atoms with E-state index in [1.54, 1.807) is 6.07 Å². The van der Waals surface area contributed by atoms with Crippen molar-refractivity contribution >= 4 is 5.96 Å². The van der Waals surface area contributed by atoms with Gasteiger partial charge in [0.2, 0.25) is 0 Å². The van der Waals surface area contributed by atoms with Gasteiger partial charge in [0.05, 0.1) is 19.8 Å². The highest BCUT2D eigenvalue weighted by molar-refractivity contribution is 5.79. The van der Waals surface area contributed by atoms with E-state index in [2.05, 4.69) is 20.5 Å². The summed E-state index contributed by atoms with van der Waals surface area (Å²) in [5, 5.41) is 6.52. The molecule has 1 aliphatic rings. The number of benzene rings is 1. The van der Waals surface area contributed by atoms with Gasteiger partial charge in [-0.1, -0.05) is 12.1 Å². The Morgan fingerprint density at radius 1 is 1.32 bits per heavy atom. The third-order valence-electron chi connectivity index (χ3n) is 3.48. The molecule has 1 aromatic carbocycles. The van der Waals surface area contributed by atoms with Crippen LogP contribution in [-0.2, 0) is 11.3 Å². The predicted octanol–water partition coefficient (Wildman–Crippen LogP) is 1.21. The quantitative estimate of drug-likeness (QED) is 0.613. The minimum Gasteiger partial charge on any atom is -0.379 e. The molecular formula is C16H25FN4O. The van der Waals surface area contributed by atoms with Crippen molar-refractivity contribution in [2.75, 3.05) is 45.9 Å². The second-order valence-electron chi connectivity index (χ2n) is 5.21. The molecule has 0 radical (unpaired) electrons. The van der Waals surface area contributed by atoms with E-state index in [1.807, 2.05) is 13.0 Å². The first kappa shape index (κ1) is 16.7. The molecule has 6 heteroatoms. The molecule has 1 saturated heterocycles. The van der Waals surface area contributed by atoms with Crippen LogP contribution in [0, 0.1) is 5.82 Å². The van der Waals surface area contributed by atoms with Crippen molar-refractivity contribution in [1.29, 1.82) is 0 Å². The van der Waals surface area contributed by atoms with Crippen molar-refractivity contribution in [3.8, 4) is 0 Å². The summed E-state index contributed by atoms with van der Waals surface area (Å²) in [4.78, 5) is 6.86. The number of guanidine groups is 1. The molecule has 2 N–H and O–H groups in total. The monoisotopic (exact) mass is 308 g/mol. The maximum atomic E-state index is 13.2. The fourth-order valence-electron chi connectivity index (χ4n) is 2.30. The molecule has 1 aromatic rings. The number of nitrogens with zero attached hydrogens (tertiary/aromatic N) is 2. The maximum absolute atomic E-state index is 13.2. The van der Waals surface area contributed by atoms with Gasteiger partial charge in [0.15, 0.2) is 5.96 Å². The van der Waals surface area contributed by atoms with E-state index < -0.39 is 0 Å². The second kappa shape index (κ2) is 9.38. The van der Waals surface area contributed by atoms with Crippen molar-refractivity contribution < 1.29 is 9.13 Å². The molecule has 0 aliphatic carbocycles. The van der Waals surface area contributed by atoms with Gasteiger partial charge in [-0.3, -0.25) is 4.90 Å². The van der Waals surface area contributed by atoms with Crippen LogP contribution < -0.4 is 10.6 Å². The van der Waals surface area contributed by atoms with Crippen LogP contribution in [0.4, 0.5) is 4.39 Å². The lowest BCUT2D eigenvalue weighted by molar-refractivity contribution is 0.0389. The zero-order valence-corrected chi connectivity index (χ0v) is 13.1. The van der Waals surface area contributed by atoms with Crippen LogP contribution in [0.3, 0.4) is 0 Å². The molecule has 0 amide bonds. The minimum absolute atomic E-state index is 0.224. The summed E-state index contributed by atoms with van der Waals surface area (Å²) in [5.41, 5.74) is 0.866. The average Bonchev–Trinajstić information content (AvgIpc) is 2.54. The highest BCUT2D eigenvalue weighted by Crippen LogP contribution is 2.04. The largest absolute Gasteiger partial charge is 0.379 e. The van der Waals surface area contributed by atoms with Crippen LogP contribution in [-0.4, -0.2) is 56.8 Å². The molecule has 22 heavy (non-hydrogen) atoms. The topological polar surface area (TPSA) is 48.9 Å². The first-order chi connectivity index (χ1) is 10.8. The number of ether oxygens (including phenoxy) is 1. The summed E-state index contributed by atoms with van der Waals surface area (Å²) >= 11 is 0.